The molecule has 8 heteroatoms. The van der Waals surface area contributed by atoms with Crippen LogP contribution in [0.5, 0.6) is 0 Å². The van der Waals surface area contributed by atoms with Crippen LogP contribution in [0.3, 0.4) is 0 Å². The Bertz CT molecular complexity index is 636. The summed E-state index contributed by atoms with van der Waals surface area (Å²) in [7, 11) is 1.56. The van der Waals surface area contributed by atoms with Crippen molar-refractivity contribution in [1.29, 1.82) is 0 Å². The van der Waals surface area contributed by atoms with Crippen LogP contribution in [0.2, 0.25) is 0 Å². The third-order valence-corrected chi connectivity index (χ3v) is 2.84. The molecule has 1 aromatic carbocycles. The summed E-state index contributed by atoms with van der Waals surface area (Å²) in [6.07, 6.45) is 1.28. The molecule has 2 aromatic rings. The van der Waals surface area contributed by atoms with Crippen molar-refractivity contribution in [3.05, 3.63) is 46.8 Å². The number of nitro groups is 1. The molecule has 0 spiro atoms. The normalized spacial score (nSPS) is 11.7. The average Bonchev–Trinajstić information content (AvgIpc) is 2.48. The van der Waals surface area contributed by atoms with Crippen LogP contribution in [0.15, 0.2) is 36.7 Å². The highest BCUT2D eigenvalue weighted by atomic mass is 16.6. The molecule has 1 heterocycles. The SMILES string of the molecule is COCC(C)Nc1ncnc(Nc2ccccc2)c1[N+](=O)[O-]. The predicted molar refractivity (Wildman–Crippen MR) is 83.4 cm³/mol. The molecule has 0 aliphatic heterocycles. The van der Waals surface area contributed by atoms with Crippen molar-refractivity contribution in [3.8, 4) is 0 Å². The monoisotopic (exact) mass is 303 g/mol. The maximum atomic E-state index is 11.4. The summed E-state index contributed by atoms with van der Waals surface area (Å²) >= 11 is 0. The highest BCUT2D eigenvalue weighted by molar-refractivity contribution is 5.73. The molecule has 0 aliphatic rings. The Morgan fingerprint density at radius 3 is 2.59 bits per heavy atom. The summed E-state index contributed by atoms with van der Waals surface area (Å²) in [4.78, 5) is 18.8. The summed E-state index contributed by atoms with van der Waals surface area (Å²) in [6.45, 7) is 2.25. The zero-order valence-corrected chi connectivity index (χ0v) is 12.3. The number of hydrogen-bond acceptors (Lipinski definition) is 7. The first-order valence-electron chi connectivity index (χ1n) is 6.68. The van der Waals surface area contributed by atoms with Gasteiger partial charge in [-0.2, -0.15) is 0 Å². The highest BCUT2D eigenvalue weighted by Gasteiger charge is 2.24. The van der Waals surface area contributed by atoms with E-state index < -0.39 is 4.92 Å². The first-order chi connectivity index (χ1) is 10.6. The van der Waals surface area contributed by atoms with E-state index >= 15 is 0 Å². The standard InChI is InChI=1S/C14H17N5O3/c1-10(8-22-2)17-13-12(19(20)21)14(16-9-15-13)18-11-6-4-3-5-7-11/h3-7,9-10H,8H2,1-2H3,(H2,15,16,17,18). The summed E-state index contributed by atoms with van der Waals surface area (Å²) in [5.41, 5.74) is 0.509. The van der Waals surface area contributed by atoms with Crippen LogP contribution in [0.4, 0.5) is 23.0 Å². The third kappa shape index (κ3) is 3.89. The molecule has 2 N–H and O–H groups in total. The second-order valence-corrected chi connectivity index (χ2v) is 4.67. The smallest absolute Gasteiger partial charge is 0.353 e. The van der Waals surface area contributed by atoms with E-state index in [4.69, 9.17) is 4.74 Å². The fourth-order valence-electron chi connectivity index (χ4n) is 1.93. The van der Waals surface area contributed by atoms with Crippen molar-refractivity contribution in [2.45, 2.75) is 13.0 Å². The van der Waals surface area contributed by atoms with Crippen molar-refractivity contribution in [3.63, 3.8) is 0 Å². The summed E-state index contributed by atoms with van der Waals surface area (Å²) in [5.74, 6) is 0.293. The van der Waals surface area contributed by atoms with Gasteiger partial charge < -0.3 is 15.4 Å². The van der Waals surface area contributed by atoms with Crippen LogP contribution in [0.25, 0.3) is 0 Å². The topological polar surface area (TPSA) is 102 Å². The van der Waals surface area contributed by atoms with Gasteiger partial charge in [-0.25, -0.2) is 9.97 Å². The molecular weight excluding hydrogens is 286 g/mol. The number of nitrogens with zero attached hydrogens (tertiary/aromatic N) is 3. The van der Waals surface area contributed by atoms with Crippen molar-refractivity contribution in [1.82, 2.24) is 9.97 Å². The Morgan fingerprint density at radius 2 is 1.95 bits per heavy atom. The fraction of sp³-hybridized carbons (Fsp3) is 0.286. The molecule has 0 bridgehead atoms. The van der Waals surface area contributed by atoms with Crippen molar-refractivity contribution in [2.24, 2.45) is 0 Å². The van der Waals surface area contributed by atoms with E-state index in [1.807, 2.05) is 25.1 Å². The lowest BCUT2D eigenvalue weighted by Crippen LogP contribution is -2.22. The van der Waals surface area contributed by atoms with Crippen molar-refractivity contribution >= 4 is 23.0 Å². The molecule has 8 nitrogen and oxygen atoms in total. The lowest BCUT2D eigenvalue weighted by molar-refractivity contribution is -0.383. The van der Waals surface area contributed by atoms with Gasteiger partial charge in [0.15, 0.2) is 0 Å². The van der Waals surface area contributed by atoms with Gasteiger partial charge in [-0.1, -0.05) is 18.2 Å². The lowest BCUT2D eigenvalue weighted by atomic mass is 10.3. The van der Waals surface area contributed by atoms with Crippen LogP contribution in [0.1, 0.15) is 6.92 Å². The minimum Gasteiger partial charge on any atom is -0.383 e. The molecular formula is C14H17N5O3. The van der Waals surface area contributed by atoms with Crippen LogP contribution >= 0.6 is 0 Å². The maximum absolute atomic E-state index is 11.4. The van der Waals surface area contributed by atoms with Crippen molar-refractivity contribution in [2.75, 3.05) is 24.4 Å². The van der Waals surface area contributed by atoms with Crippen LogP contribution in [-0.2, 0) is 4.74 Å². The Hall–Kier alpha value is -2.74. The molecule has 0 saturated heterocycles. The first kappa shape index (κ1) is 15.6. The molecule has 0 saturated carbocycles. The van der Waals surface area contributed by atoms with Gasteiger partial charge in [0.1, 0.15) is 6.33 Å². The largest absolute Gasteiger partial charge is 0.383 e. The number of rotatable bonds is 7. The second kappa shape index (κ2) is 7.32. The fourth-order valence-corrected chi connectivity index (χ4v) is 1.93. The number of methoxy groups -OCH3 is 1. The van der Waals surface area contributed by atoms with Gasteiger partial charge in [0.25, 0.3) is 0 Å². The molecule has 0 aliphatic carbocycles. The molecule has 116 valence electrons. The molecule has 0 amide bonds. The van der Waals surface area contributed by atoms with E-state index in [-0.39, 0.29) is 23.4 Å². The van der Waals surface area contributed by atoms with Gasteiger partial charge in [0, 0.05) is 18.8 Å². The Morgan fingerprint density at radius 1 is 1.27 bits per heavy atom. The first-order valence-corrected chi connectivity index (χ1v) is 6.68. The van der Waals surface area contributed by atoms with Crippen LogP contribution < -0.4 is 10.6 Å². The van der Waals surface area contributed by atoms with E-state index in [0.717, 1.165) is 0 Å². The number of hydrogen-bond donors (Lipinski definition) is 2. The third-order valence-electron chi connectivity index (χ3n) is 2.84. The van der Waals surface area contributed by atoms with Gasteiger partial charge in [-0.15, -0.1) is 0 Å². The minimum atomic E-state index is -0.507. The molecule has 1 unspecified atom stereocenters. The van der Waals surface area contributed by atoms with E-state index in [9.17, 15) is 10.1 Å². The van der Waals surface area contributed by atoms with Gasteiger partial charge in [-0.05, 0) is 19.1 Å². The predicted octanol–water partition coefficient (Wildman–Crippen LogP) is 2.58. The summed E-state index contributed by atoms with van der Waals surface area (Å²) < 4.78 is 5.01. The minimum absolute atomic E-state index is 0.122. The van der Waals surface area contributed by atoms with Crippen LogP contribution in [-0.4, -0.2) is 34.6 Å². The summed E-state index contributed by atoms with van der Waals surface area (Å²) in [5, 5.41) is 17.3. The quantitative estimate of drug-likeness (QED) is 0.598. The number of benzene rings is 1. The van der Waals surface area contributed by atoms with E-state index in [1.54, 1.807) is 19.2 Å². The van der Waals surface area contributed by atoms with Gasteiger partial charge in [0.2, 0.25) is 11.6 Å². The Balaban J connectivity index is 2.32. The van der Waals surface area contributed by atoms with Gasteiger partial charge in [0.05, 0.1) is 11.5 Å². The molecule has 0 fully saturated rings. The Labute approximate surface area is 127 Å². The molecule has 2 rings (SSSR count). The average molecular weight is 303 g/mol. The number of anilines is 3. The van der Waals surface area contributed by atoms with E-state index in [2.05, 4.69) is 20.6 Å². The number of nitrogens with one attached hydrogen (secondary N) is 2. The zero-order valence-electron chi connectivity index (χ0n) is 12.3. The number of ether oxygens (including phenoxy) is 1. The Kier molecular flexibility index (Phi) is 5.21. The number of aromatic nitrogens is 2. The van der Waals surface area contributed by atoms with Gasteiger partial charge >= 0.3 is 5.69 Å². The van der Waals surface area contributed by atoms with E-state index in [1.165, 1.54) is 6.33 Å². The second-order valence-electron chi connectivity index (χ2n) is 4.67. The molecule has 22 heavy (non-hydrogen) atoms. The van der Waals surface area contributed by atoms with E-state index in [0.29, 0.717) is 12.3 Å². The van der Waals surface area contributed by atoms with Crippen LogP contribution in [0, 0.1) is 10.1 Å². The lowest BCUT2D eigenvalue weighted by Gasteiger charge is -2.14. The van der Waals surface area contributed by atoms with Crippen molar-refractivity contribution < 1.29 is 9.66 Å². The van der Waals surface area contributed by atoms with Gasteiger partial charge in [-0.3, -0.25) is 10.1 Å². The molecule has 0 radical (unpaired) electrons. The highest BCUT2D eigenvalue weighted by Crippen LogP contribution is 2.31. The summed E-state index contributed by atoms with van der Waals surface area (Å²) in [6, 6.07) is 8.99. The molecule has 1 atom stereocenters. The number of para-hydroxylation sites is 1. The maximum Gasteiger partial charge on any atom is 0.353 e. The zero-order chi connectivity index (χ0) is 15.9. The molecule has 1 aromatic heterocycles.